The first-order valence-corrected chi connectivity index (χ1v) is 5.03. The van der Waals surface area contributed by atoms with Gasteiger partial charge in [0.2, 0.25) is 0 Å². The third-order valence-corrected chi connectivity index (χ3v) is 1.89. The van der Waals surface area contributed by atoms with Crippen LogP contribution in [0.2, 0.25) is 0 Å². The Morgan fingerprint density at radius 3 is 2.88 bits per heavy atom. The van der Waals surface area contributed by atoms with Crippen molar-refractivity contribution < 1.29 is 9.47 Å². The van der Waals surface area contributed by atoms with E-state index in [4.69, 9.17) is 14.7 Å². The number of pyridine rings is 1. The molecule has 0 saturated carbocycles. The molecule has 5 heteroatoms. The van der Waals surface area contributed by atoms with Crippen molar-refractivity contribution in [1.29, 1.82) is 5.26 Å². The van der Waals surface area contributed by atoms with Crippen molar-refractivity contribution in [3.63, 3.8) is 0 Å². The molecule has 0 amide bonds. The summed E-state index contributed by atoms with van der Waals surface area (Å²) in [6.45, 7) is 2.53. The zero-order valence-corrected chi connectivity index (χ0v) is 9.27. The van der Waals surface area contributed by atoms with Crippen molar-refractivity contribution in [3.05, 3.63) is 24.0 Å². The summed E-state index contributed by atoms with van der Waals surface area (Å²) in [5.74, 6) is 0. The average molecular weight is 221 g/mol. The van der Waals surface area contributed by atoms with Crippen LogP contribution in [-0.4, -0.2) is 38.5 Å². The van der Waals surface area contributed by atoms with E-state index in [-0.39, 0.29) is 0 Å². The van der Waals surface area contributed by atoms with E-state index < -0.39 is 0 Å². The molecule has 0 spiro atoms. The molecule has 1 aromatic heterocycles. The molecule has 0 aliphatic heterocycles. The summed E-state index contributed by atoms with van der Waals surface area (Å²) in [6.07, 6.45) is 1.63. The van der Waals surface area contributed by atoms with Gasteiger partial charge in [-0.25, -0.2) is 4.98 Å². The summed E-state index contributed by atoms with van der Waals surface area (Å²) in [7, 11) is 1.64. The van der Waals surface area contributed by atoms with E-state index >= 15 is 0 Å². The van der Waals surface area contributed by atoms with Gasteiger partial charge in [-0.15, -0.1) is 0 Å². The first kappa shape index (κ1) is 12.4. The Morgan fingerprint density at radius 2 is 2.25 bits per heavy atom. The van der Waals surface area contributed by atoms with Crippen LogP contribution >= 0.6 is 0 Å². The lowest BCUT2D eigenvalue weighted by atomic mass is 10.3. The maximum absolute atomic E-state index is 8.56. The van der Waals surface area contributed by atoms with E-state index in [1.165, 1.54) is 0 Å². The van der Waals surface area contributed by atoms with Gasteiger partial charge in [0.15, 0.2) is 0 Å². The molecule has 1 N–H and O–H groups in total. The van der Waals surface area contributed by atoms with Crippen molar-refractivity contribution in [1.82, 2.24) is 4.98 Å². The summed E-state index contributed by atoms with van der Waals surface area (Å²) in [5.41, 5.74) is 1.30. The SMILES string of the molecule is COCCOCCNc1ccc(C#N)nc1. The quantitative estimate of drug-likeness (QED) is 0.696. The van der Waals surface area contributed by atoms with Crippen LogP contribution in [0.4, 0.5) is 5.69 Å². The molecule has 0 fully saturated rings. The number of nitriles is 1. The van der Waals surface area contributed by atoms with Gasteiger partial charge in [-0.05, 0) is 12.1 Å². The highest BCUT2D eigenvalue weighted by molar-refractivity contribution is 5.42. The molecule has 0 saturated heterocycles. The second kappa shape index (κ2) is 7.63. The van der Waals surface area contributed by atoms with Crippen LogP contribution in [0.25, 0.3) is 0 Å². The largest absolute Gasteiger partial charge is 0.382 e. The topological polar surface area (TPSA) is 67.2 Å². The summed E-state index contributed by atoms with van der Waals surface area (Å²) in [6, 6.07) is 5.46. The van der Waals surface area contributed by atoms with Crippen molar-refractivity contribution in [2.75, 3.05) is 38.8 Å². The second-order valence-corrected chi connectivity index (χ2v) is 3.08. The van der Waals surface area contributed by atoms with Gasteiger partial charge in [-0.1, -0.05) is 0 Å². The Hall–Kier alpha value is -1.64. The van der Waals surface area contributed by atoms with Gasteiger partial charge >= 0.3 is 0 Å². The Kier molecular flexibility index (Phi) is 5.92. The highest BCUT2D eigenvalue weighted by atomic mass is 16.5. The molecule has 0 aliphatic carbocycles. The summed E-state index contributed by atoms with van der Waals surface area (Å²) >= 11 is 0. The summed E-state index contributed by atoms with van der Waals surface area (Å²) < 4.78 is 10.1. The zero-order chi connectivity index (χ0) is 11.6. The van der Waals surface area contributed by atoms with Crippen molar-refractivity contribution in [2.45, 2.75) is 0 Å². The molecule has 1 aromatic rings. The fourth-order valence-corrected chi connectivity index (χ4v) is 1.08. The zero-order valence-electron chi connectivity index (χ0n) is 9.27. The number of nitrogens with zero attached hydrogens (tertiary/aromatic N) is 2. The van der Waals surface area contributed by atoms with Crippen LogP contribution in [0.15, 0.2) is 18.3 Å². The van der Waals surface area contributed by atoms with Gasteiger partial charge in [0.1, 0.15) is 11.8 Å². The van der Waals surface area contributed by atoms with Gasteiger partial charge in [-0.2, -0.15) is 5.26 Å². The molecule has 1 heterocycles. The molecular formula is C11H15N3O2. The molecule has 0 aliphatic rings. The molecule has 1 rings (SSSR count). The Morgan fingerprint density at radius 1 is 1.38 bits per heavy atom. The maximum atomic E-state index is 8.56. The highest BCUT2D eigenvalue weighted by Gasteiger charge is 1.94. The number of ether oxygens (including phenoxy) is 2. The third-order valence-electron chi connectivity index (χ3n) is 1.89. The second-order valence-electron chi connectivity index (χ2n) is 3.08. The monoisotopic (exact) mass is 221 g/mol. The number of hydrogen-bond donors (Lipinski definition) is 1. The third kappa shape index (κ3) is 4.73. The minimum atomic E-state index is 0.418. The van der Waals surface area contributed by atoms with Crippen LogP contribution < -0.4 is 5.32 Å². The Labute approximate surface area is 95.0 Å². The fraction of sp³-hybridized carbons (Fsp3) is 0.455. The number of nitrogens with one attached hydrogen (secondary N) is 1. The normalized spacial score (nSPS) is 9.75. The predicted molar refractivity (Wildman–Crippen MR) is 60.1 cm³/mol. The van der Waals surface area contributed by atoms with E-state index in [1.54, 1.807) is 19.4 Å². The number of rotatable bonds is 7. The van der Waals surface area contributed by atoms with Crippen molar-refractivity contribution in [2.24, 2.45) is 0 Å². The molecule has 0 bridgehead atoms. The van der Waals surface area contributed by atoms with E-state index in [0.29, 0.717) is 32.1 Å². The van der Waals surface area contributed by atoms with Gasteiger partial charge in [0.05, 0.1) is 31.7 Å². The van der Waals surface area contributed by atoms with Gasteiger partial charge in [-0.3, -0.25) is 0 Å². The smallest absolute Gasteiger partial charge is 0.140 e. The average Bonchev–Trinajstić information content (AvgIpc) is 2.34. The van der Waals surface area contributed by atoms with Crippen molar-refractivity contribution >= 4 is 5.69 Å². The lowest BCUT2D eigenvalue weighted by Crippen LogP contribution is -2.12. The van der Waals surface area contributed by atoms with Crippen LogP contribution in [-0.2, 0) is 9.47 Å². The molecular weight excluding hydrogens is 206 g/mol. The standard InChI is InChI=1S/C11H15N3O2/c1-15-6-7-16-5-4-13-11-3-2-10(8-12)14-9-11/h2-3,9,13H,4-7H2,1H3. The summed E-state index contributed by atoms with van der Waals surface area (Å²) in [5, 5.41) is 11.7. The maximum Gasteiger partial charge on any atom is 0.140 e. The van der Waals surface area contributed by atoms with Crippen LogP contribution in [0, 0.1) is 11.3 Å². The minimum Gasteiger partial charge on any atom is -0.382 e. The molecule has 0 unspecified atom stereocenters. The lowest BCUT2D eigenvalue weighted by Gasteiger charge is -2.06. The molecule has 16 heavy (non-hydrogen) atoms. The van der Waals surface area contributed by atoms with Crippen molar-refractivity contribution in [3.8, 4) is 6.07 Å². The molecule has 0 radical (unpaired) electrons. The fourth-order valence-electron chi connectivity index (χ4n) is 1.08. The van der Waals surface area contributed by atoms with E-state index in [1.807, 2.05) is 12.1 Å². The molecule has 0 atom stereocenters. The van der Waals surface area contributed by atoms with Gasteiger partial charge in [0.25, 0.3) is 0 Å². The van der Waals surface area contributed by atoms with E-state index in [0.717, 1.165) is 5.69 Å². The minimum absolute atomic E-state index is 0.418. The first-order chi connectivity index (χ1) is 7.86. The van der Waals surface area contributed by atoms with Gasteiger partial charge in [0, 0.05) is 13.7 Å². The highest BCUT2D eigenvalue weighted by Crippen LogP contribution is 2.04. The number of anilines is 1. The predicted octanol–water partition coefficient (Wildman–Crippen LogP) is 1.03. The van der Waals surface area contributed by atoms with E-state index in [9.17, 15) is 0 Å². The lowest BCUT2D eigenvalue weighted by molar-refractivity contribution is 0.0759. The molecule has 86 valence electrons. The van der Waals surface area contributed by atoms with Gasteiger partial charge < -0.3 is 14.8 Å². The number of hydrogen-bond acceptors (Lipinski definition) is 5. The molecule has 5 nitrogen and oxygen atoms in total. The molecule has 0 aromatic carbocycles. The van der Waals surface area contributed by atoms with Crippen LogP contribution in [0.5, 0.6) is 0 Å². The first-order valence-electron chi connectivity index (χ1n) is 5.03. The van der Waals surface area contributed by atoms with Crippen LogP contribution in [0.1, 0.15) is 5.69 Å². The number of aromatic nitrogens is 1. The Bertz CT molecular complexity index is 332. The van der Waals surface area contributed by atoms with Crippen LogP contribution in [0.3, 0.4) is 0 Å². The number of methoxy groups -OCH3 is 1. The summed E-state index contributed by atoms with van der Waals surface area (Å²) in [4.78, 5) is 3.94. The Balaban J connectivity index is 2.15. The van der Waals surface area contributed by atoms with E-state index in [2.05, 4.69) is 10.3 Å².